The minimum Gasteiger partial charge on any atom is -0.338 e. The molecule has 6 nitrogen and oxygen atoms in total. The summed E-state index contributed by atoms with van der Waals surface area (Å²) in [5.74, 6) is 0.998. The number of aromatic nitrogens is 4. The van der Waals surface area contributed by atoms with Gasteiger partial charge in [-0.1, -0.05) is 59.4 Å². The van der Waals surface area contributed by atoms with E-state index in [2.05, 4.69) is 15.1 Å². The van der Waals surface area contributed by atoms with Gasteiger partial charge in [-0.15, -0.1) is 0 Å². The number of thioether (sulfide) groups is 1. The second kappa shape index (κ2) is 8.76. The number of benzene rings is 3. The van der Waals surface area contributed by atoms with E-state index in [4.69, 9.17) is 4.52 Å². The van der Waals surface area contributed by atoms with Crippen LogP contribution >= 0.6 is 11.8 Å². The van der Waals surface area contributed by atoms with E-state index in [1.165, 1.54) is 28.5 Å². The maximum absolute atomic E-state index is 13.4. The summed E-state index contributed by atoms with van der Waals surface area (Å²) in [7, 11) is 0. The molecule has 2 aromatic heterocycles. The highest BCUT2D eigenvalue weighted by Gasteiger charge is 2.15. The standard InChI is InChI=1S/C24H17FN4O2S/c25-17-10-12-18(13-11-17)29-23(30)19-8-4-5-9-20(19)26-24(29)32-15-22-27-21(28-31-22)14-16-6-2-1-3-7-16/h1-13H,14-15H2. The van der Waals surface area contributed by atoms with Gasteiger partial charge < -0.3 is 4.52 Å². The molecule has 8 heteroatoms. The number of halogens is 1. The topological polar surface area (TPSA) is 73.8 Å². The van der Waals surface area contributed by atoms with Gasteiger partial charge in [-0.3, -0.25) is 9.36 Å². The van der Waals surface area contributed by atoms with Crippen molar-refractivity contribution < 1.29 is 8.91 Å². The molecule has 5 aromatic rings. The van der Waals surface area contributed by atoms with E-state index in [1.54, 1.807) is 30.3 Å². The van der Waals surface area contributed by atoms with Gasteiger partial charge in [0.05, 0.1) is 22.3 Å². The van der Waals surface area contributed by atoms with Gasteiger partial charge in [0.1, 0.15) is 5.82 Å². The van der Waals surface area contributed by atoms with Crippen LogP contribution in [-0.2, 0) is 12.2 Å². The normalized spacial score (nSPS) is 11.2. The molecule has 5 rings (SSSR count). The van der Waals surface area contributed by atoms with Crippen molar-refractivity contribution in [2.24, 2.45) is 0 Å². The molecule has 0 spiro atoms. The Balaban J connectivity index is 1.45. The molecular formula is C24H17FN4O2S. The fourth-order valence-electron chi connectivity index (χ4n) is 3.35. The van der Waals surface area contributed by atoms with Gasteiger partial charge in [-0.2, -0.15) is 4.98 Å². The van der Waals surface area contributed by atoms with Crippen LogP contribution in [-0.4, -0.2) is 19.7 Å². The Bertz CT molecular complexity index is 1430. The highest BCUT2D eigenvalue weighted by Crippen LogP contribution is 2.24. The molecule has 0 fully saturated rings. The summed E-state index contributed by atoms with van der Waals surface area (Å²) in [6.07, 6.45) is 0.573. The number of fused-ring (bicyclic) bond motifs is 1. The van der Waals surface area contributed by atoms with Gasteiger partial charge in [0, 0.05) is 6.42 Å². The maximum atomic E-state index is 13.4. The summed E-state index contributed by atoms with van der Waals surface area (Å²) in [6.45, 7) is 0. The van der Waals surface area contributed by atoms with E-state index in [9.17, 15) is 9.18 Å². The first kappa shape index (κ1) is 20.1. The van der Waals surface area contributed by atoms with E-state index in [0.717, 1.165) is 5.56 Å². The molecule has 0 aliphatic rings. The Morgan fingerprint density at radius 2 is 1.66 bits per heavy atom. The molecule has 0 aliphatic heterocycles. The van der Waals surface area contributed by atoms with Crippen LogP contribution in [0, 0.1) is 5.82 Å². The summed E-state index contributed by atoms with van der Waals surface area (Å²) in [4.78, 5) is 22.3. The first-order valence-corrected chi connectivity index (χ1v) is 10.9. The van der Waals surface area contributed by atoms with Crippen LogP contribution in [0.2, 0.25) is 0 Å². The van der Waals surface area contributed by atoms with Crippen LogP contribution in [0.15, 0.2) is 93.3 Å². The van der Waals surface area contributed by atoms with Gasteiger partial charge in [-0.05, 0) is 42.0 Å². The Hall–Kier alpha value is -3.78. The lowest BCUT2D eigenvalue weighted by Gasteiger charge is -2.12. The zero-order chi connectivity index (χ0) is 21.9. The van der Waals surface area contributed by atoms with Crippen molar-refractivity contribution in [3.05, 3.63) is 112 Å². The van der Waals surface area contributed by atoms with Gasteiger partial charge in [0.2, 0.25) is 5.89 Å². The Labute approximate surface area is 186 Å². The number of para-hydroxylation sites is 1. The van der Waals surface area contributed by atoms with E-state index >= 15 is 0 Å². The van der Waals surface area contributed by atoms with Gasteiger partial charge >= 0.3 is 0 Å². The molecule has 158 valence electrons. The maximum Gasteiger partial charge on any atom is 0.266 e. The monoisotopic (exact) mass is 444 g/mol. The molecule has 0 amide bonds. The number of hydrogen-bond acceptors (Lipinski definition) is 6. The van der Waals surface area contributed by atoms with Crippen LogP contribution in [0.1, 0.15) is 17.3 Å². The predicted octanol–water partition coefficient (Wildman–Crippen LogP) is 4.79. The molecule has 0 saturated carbocycles. The lowest BCUT2D eigenvalue weighted by molar-refractivity contribution is 0.385. The first-order valence-electron chi connectivity index (χ1n) is 9.93. The molecule has 0 radical (unpaired) electrons. The molecule has 32 heavy (non-hydrogen) atoms. The summed E-state index contributed by atoms with van der Waals surface area (Å²) < 4.78 is 20.3. The van der Waals surface area contributed by atoms with Crippen LogP contribution in [0.25, 0.3) is 16.6 Å². The molecular weight excluding hydrogens is 427 g/mol. The fraction of sp³-hybridized carbons (Fsp3) is 0.0833. The van der Waals surface area contributed by atoms with E-state index < -0.39 is 0 Å². The molecule has 0 saturated heterocycles. The molecule has 0 atom stereocenters. The zero-order valence-electron chi connectivity index (χ0n) is 16.8. The summed E-state index contributed by atoms with van der Waals surface area (Å²) in [5.41, 5.74) is 2.00. The third kappa shape index (κ3) is 4.17. The SMILES string of the molecule is O=c1c2ccccc2nc(SCc2nc(Cc3ccccc3)no2)n1-c1ccc(F)cc1. The second-order valence-corrected chi connectivity index (χ2v) is 8.03. The van der Waals surface area contributed by atoms with Crippen molar-refractivity contribution in [3.8, 4) is 5.69 Å². The Morgan fingerprint density at radius 1 is 0.906 bits per heavy atom. The predicted molar refractivity (Wildman–Crippen MR) is 120 cm³/mol. The minimum atomic E-state index is -0.374. The highest BCUT2D eigenvalue weighted by atomic mass is 32.2. The average molecular weight is 444 g/mol. The van der Waals surface area contributed by atoms with Crippen molar-refractivity contribution in [3.63, 3.8) is 0 Å². The van der Waals surface area contributed by atoms with Gasteiger partial charge in [0.25, 0.3) is 5.56 Å². The third-order valence-corrected chi connectivity index (χ3v) is 5.79. The molecule has 3 aromatic carbocycles. The second-order valence-electron chi connectivity index (χ2n) is 7.08. The Kier molecular flexibility index (Phi) is 5.51. The van der Waals surface area contributed by atoms with Crippen molar-refractivity contribution in [1.29, 1.82) is 0 Å². The molecule has 0 bridgehead atoms. The number of hydrogen-bond donors (Lipinski definition) is 0. The number of nitrogens with zero attached hydrogens (tertiary/aromatic N) is 4. The summed E-state index contributed by atoms with van der Waals surface area (Å²) in [5, 5.41) is 5.00. The first-order chi connectivity index (χ1) is 15.7. The lowest BCUT2D eigenvalue weighted by atomic mass is 10.1. The van der Waals surface area contributed by atoms with Crippen molar-refractivity contribution >= 4 is 22.7 Å². The minimum absolute atomic E-state index is 0.222. The van der Waals surface area contributed by atoms with E-state index in [1.807, 2.05) is 36.4 Å². The van der Waals surface area contributed by atoms with E-state index in [-0.39, 0.29) is 11.4 Å². The third-order valence-electron chi connectivity index (χ3n) is 4.87. The fourth-order valence-corrected chi connectivity index (χ4v) is 4.20. The molecule has 0 N–H and O–H groups in total. The quantitative estimate of drug-likeness (QED) is 0.277. The van der Waals surface area contributed by atoms with Crippen LogP contribution in [0.4, 0.5) is 4.39 Å². The van der Waals surface area contributed by atoms with E-state index in [0.29, 0.717) is 45.6 Å². The molecule has 0 unspecified atom stereocenters. The van der Waals surface area contributed by atoms with Crippen LogP contribution < -0.4 is 5.56 Å². The Morgan fingerprint density at radius 3 is 2.47 bits per heavy atom. The van der Waals surface area contributed by atoms with Crippen molar-refractivity contribution in [2.45, 2.75) is 17.3 Å². The molecule has 2 heterocycles. The van der Waals surface area contributed by atoms with Gasteiger partial charge in [0.15, 0.2) is 11.0 Å². The number of rotatable bonds is 6. The lowest BCUT2D eigenvalue weighted by Crippen LogP contribution is -2.21. The van der Waals surface area contributed by atoms with Crippen LogP contribution in [0.3, 0.4) is 0 Å². The van der Waals surface area contributed by atoms with Crippen LogP contribution in [0.5, 0.6) is 0 Å². The summed E-state index contributed by atoms with van der Waals surface area (Å²) in [6, 6.07) is 22.8. The van der Waals surface area contributed by atoms with Gasteiger partial charge in [-0.25, -0.2) is 9.37 Å². The molecule has 0 aliphatic carbocycles. The van der Waals surface area contributed by atoms with Crippen molar-refractivity contribution in [1.82, 2.24) is 19.7 Å². The highest BCUT2D eigenvalue weighted by molar-refractivity contribution is 7.98. The smallest absolute Gasteiger partial charge is 0.266 e. The largest absolute Gasteiger partial charge is 0.338 e. The summed E-state index contributed by atoms with van der Waals surface area (Å²) >= 11 is 1.31. The van der Waals surface area contributed by atoms with Crippen molar-refractivity contribution in [2.75, 3.05) is 0 Å². The zero-order valence-corrected chi connectivity index (χ0v) is 17.6. The average Bonchev–Trinajstić information content (AvgIpc) is 3.26.